The van der Waals surface area contributed by atoms with Crippen LogP contribution in [-0.4, -0.2) is 6.61 Å². The lowest BCUT2D eigenvalue weighted by molar-refractivity contribution is -0.137. The first-order valence-electron chi connectivity index (χ1n) is 7.68. The Morgan fingerprint density at radius 3 is 2.50 bits per heavy atom. The fourth-order valence-corrected chi connectivity index (χ4v) is 2.56. The number of alkyl halides is 3. The van der Waals surface area contributed by atoms with Gasteiger partial charge in [0.2, 0.25) is 0 Å². The Labute approximate surface area is 131 Å². The highest BCUT2D eigenvalue weighted by atomic mass is 19.4. The fraction of sp³-hybridized carbons (Fsp3) is 0.556. The molecule has 0 aliphatic carbocycles. The lowest BCUT2D eigenvalue weighted by atomic mass is 9.85. The minimum absolute atomic E-state index is 0.277. The molecule has 0 aromatic heterocycles. The number of hydrogen-bond acceptors (Lipinski definition) is 1. The summed E-state index contributed by atoms with van der Waals surface area (Å²) in [6.07, 6.45) is -0.402. The Hall–Kier alpha value is -1.45. The number of hydrogen-bond donors (Lipinski definition) is 0. The van der Waals surface area contributed by atoms with Crippen LogP contribution in [0.5, 0.6) is 5.75 Å². The van der Waals surface area contributed by atoms with Crippen molar-refractivity contribution in [1.29, 1.82) is 0 Å². The summed E-state index contributed by atoms with van der Waals surface area (Å²) < 4.78 is 43.3. The maximum Gasteiger partial charge on any atom is 0.416 e. The highest BCUT2D eigenvalue weighted by Crippen LogP contribution is 2.31. The maximum atomic E-state index is 12.6. The zero-order valence-corrected chi connectivity index (χ0v) is 13.7. The molecule has 1 rings (SSSR count). The highest BCUT2D eigenvalue weighted by Gasteiger charge is 2.30. The molecule has 0 aliphatic heterocycles. The summed E-state index contributed by atoms with van der Waals surface area (Å²) >= 11 is 0. The molecule has 1 aromatic rings. The SMILES string of the molecule is C/C=C(/C)C(CCCOc1cccc(C(F)(F)F)c1)C(C)C. The van der Waals surface area contributed by atoms with Crippen molar-refractivity contribution >= 4 is 0 Å². The third kappa shape index (κ3) is 5.74. The molecule has 0 aliphatic rings. The monoisotopic (exact) mass is 314 g/mol. The fourth-order valence-electron chi connectivity index (χ4n) is 2.56. The lowest BCUT2D eigenvalue weighted by Crippen LogP contribution is -2.12. The Morgan fingerprint density at radius 1 is 1.27 bits per heavy atom. The summed E-state index contributed by atoms with van der Waals surface area (Å²) in [5.41, 5.74) is 0.684. The van der Waals surface area contributed by atoms with Crippen LogP contribution in [0.2, 0.25) is 0 Å². The Kier molecular flexibility index (Phi) is 6.98. The van der Waals surface area contributed by atoms with Crippen LogP contribution < -0.4 is 4.74 Å². The van der Waals surface area contributed by atoms with E-state index in [1.807, 2.05) is 6.92 Å². The lowest BCUT2D eigenvalue weighted by Gasteiger charge is -2.21. The van der Waals surface area contributed by atoms with Crippen LogP contribution in [0.3, 0.4) is 0 Å². The first-order chi connectivity index (χ1) is 10.3. The summed E-state index contributed by atoms with van der Waals surface area (Å²) in [6, 6.07) is 5.04. The van der Waals surface area contributed by atoms with Gasteiger partial charge in [0.05, 0.1) is 12.2 Å². The van der Waals surface area contributed by atoms with Gasteiger partial charge in [0.1, 0.15) is 5.75 Å². The smallest absolute Gasteiger partial charge is 0.416 e. The van der Waals surface area contributed by atoms with Gasteiger partial charge in [0.15, 0.2) is 0 Å². The van der Waals surface area contributed by atoms with Gasteiger partial charge in [-0.25, -0.2) is 0 Å². The first-order valence-corrected chi connectivity index (χ1v) is 7.68. The molecule has 0 radical (unpaired) electrons. The molecule has 0 saturated carbocycles. The van der Waals surface area contributed by atoms with Crippen molar-refractivity contribution in [3.63, 3.8) is 0 Å². The van der Waals surface area contributed by atoms with E-state index in [0.717, 1.165) is 25.0 Å². The second-order valence-electron chi connectivity index (χ2n) is 5.90. The van der Waals surface area contributed by atoms with Crippen molar-refractivity contribution in [2.24, 2.45) is 11.8 Å². The van der Waals surface area contributed by atoms with Crippen LogP contribution in [0.15, 0.2) is 35.9 Å². The topological polar surface area (TPSA) is 9.23 Å². The van der Waals surface area contributed by atoms with E-state index in [1.165, 1.54) is 11.6 Å². The van der Waals surface area contributed by atoms with Crippen LogP contribution in [-0.2, 0) is 6.18 Å². The number of ether oxygens (including phenoxy) is 1. The van der Waals surface area contributed by atoms with E-state index in [0.29, 0.717) is 18.4 Å². The zero-order chi connectivity index (χ0) is 16.8. The molecule has 0 heterocycles. The van der Waals surface area contributed by atoms with Crippen LogP contribution >= 0.6 is 0 Å². The predicted octanol–water partition coefficient (Wildman–Crippen LogP) is 6.10. The van der Waals surface area contributed by atoms with Gasteiger partial charge < -0.3 is 4.74 Å². The van der Waals surface area contributed by atoms with Crippen LogP contribution in [0.4, 0.5) is 13.2 Å². The van der Waals surface area contributed by atoms with Gasteiger partial charge in [-0.3, -0.25) is 0 Å². The van der Waals surface area contributed by atoms with Crippen molar-refractivity contribution in [1.82, 2.24) is 0 Å². The van der Waals surface area contributed by atoms with E-state index < -0.39 is 11.7 Å². The molecular weight excluding hydrogens is 289 g/mol. The van der Waals surface area contributed by atoms with Gasteiger partial charge in [-0.15, -0.1) is 0 Å². The summed E-state index contributed by atoms with van der Waals surface area (Å²) in [7, 11) is 0. The van der Waals surface area contributed by atoms with E-state index in [2.05, 4.69) is 26.8 Å². The summed E-state index contributed by atoms with van der Waals surface area (Å²) in [4.78, 5) is 0. The van der Waals surface area contributed by atoms with Gasteiger partial charge in [0, 0.05) is 0 Å². The standard InChI is InChI=1S/C18H25F3O/c1-5-14(4)17(13(2)3)10-7-11-22-16-9-6-8-15(12-16)18(19,20)21/h5-6,8-9,12-13,17H,7,10-11H2,1-4H3/b14-5-. The van der Waals surface area contributed by atoms with Crippen LogP contribution in [0.25, 0.3) is 0 Å². The molecule has 1 aromatic carbocycles. The van der Waals surface area contributed by atoms with E-state index in [-0.39, 0.29) is 5.75 Å². The first kappa shape index (κ1) is 18.6. The van der Waals surface area contributed by atoms with Crippen LogP contribution in [0.1, 0.15) is 46.1 Å². The predicted molar refractivity (Wildman–Crippen MR) is 83.9 cm³/mol. The molecule has 0 N–H and O–H groups in total. The third-order valence-corrected chi connectivity index (χ3v) is 3.93. The van der Waals surface area contributed by atoms with Crippen molar-refractivity contribution in [3.8, 4) is 5.75 Å². The molecule has 1 unspecified atom stereocenters. The molecule has 4 heteroatoms. The van der Waals surface area contributed by atoms with Crippen molar-refractivity contribution in [3.05, 3.63) is 41.5 Å². The van der Waals surface area contributed by atoms with Gasteiger partial charge in [0.25, 0.3) is 0 Å². The summed E-state index contributed by atoms with van der Waals surface area (Å²) in [5.74, 6) is 1.32. The second kappa shape index (κ2) is 8.25. The molecule has 0 amide bonds. The highest BCUT2D eigenvalue weighted by molar-refractivity contribution is 5.30. The second-order valence-corrected chi connectivity index (χ2v) is 5.90. The minimum atomic E-state index is -4.33. The third-order valence-electron chi connectivity index (χ3n) is 3.93. The van der Waals surface area contributed by atoms with Gasteiger partial charge in [-0.2, -0.15) is 13.2 Å². The van der Waals surface area contributed by atoms with E-state index in [4.69, 9.17) is 4.74 Å². The van der Waals surface area contributed by atoms with E-state index >= 15 is 0 Å². The van der Waals surface area contributed by atoms with Crippen molar-refractivity contribution in [2.75, 3.05) is 6.61 Å². The van der Waals surface area contributed by atoms with Crippen molar-refractivity contribution in [2.45, 2.75) is 46.7 Å². The van der Waals surface area contributed by atoms with E-state index in [9.17, 15) is 13.2 Å². The molecule has 22 heavy (non-hydrogen) atoms. The number of rotatable bonds is 7. The molecule has 1 nitrogen and oxygen atoms in total. The molecule has 0 fully saturated rings. The minimum Gasteiger partial charge on any atom is -0.494 e. The van der Waals surface area contributed by atoms with Crippen molar-refractivity contribution < 1.29 is 17.9 Å². The summed E-state index contributed by atoms with van der Waals surface area (Å²) in [5, 5.41) is 0. The average Bonchev–Trinajstić information content (AvgIpc) is 2.45. The Morgan fingerprint density at radius 2 is 1.95 bits per heavy atom. The number of allylic oxidation sites excluding steroid dienone is 2. The largest absolute Gasteiger partial charge is 0.494 e. The molecule has 0 spiro atoms. The molecule has 0 bridgehead atoms. The van der Waals surface area contributed by atoms with Gasteiger partial charge >= 0.3 is 6.18 Å². The van der Waals surface area contributed by atoms with E-state index in [1.54, 1.807) is 6.07 Å². The molecule has 1 atom stereocenters. The quantitative estimate of drug-likeness (QED) is 0.436. The van der Waals surface area contributed by atoms with Crippen LogP contribution in [0, 0.1) is 11.8 Å². The zero-order valence-electron chi connectivity index (χ0n) is 13.7. The maximum absolute atomic E-state index is 12.6. The molecular formula is C18H25F3O. The normalized spacial score (nSPS) is 14.3. The van der Waals surface area contributed by atoms with Gasteiger partial charge in [-0.05, 0) is 56.7 Å². The van der Waals surface area contributed by atoms with Gasteiger partial charge in [-0.1, -0.05) is 31.6 Å². The average molecular weight is 314 g/mol. The Bertz CT molecular complexity index is 489. The molecule has 0 saturated heterocycles. The summed E-state index contributed by atoms with van der Waals surface area (Å²) in [6.45, 7) is 8.96. The molecule has 124 valence electrons. The Balaban J connectivity index is 2.51. The number of halogens is 3. The number of benzene rings is 1.